The molecular formula is C9H17N3O2. The van der Waals surface area contributed by atoms with Crippen molar-refractivity contribution in [3.8, 4) is 0 Å². The monoisotopic (exact) mass is 199 g/mol. The van der Waals surface area contributed by atoms with Crippen molar-refractivity contribution in [2.45, 2.75) is 26.5 Å². The van der Waals surface area contributed by atoms with Gasteiger partial charge >= 0.3 is 0 Å². The molecule has 5 heteroatoms. The second-order valence-corrected chi connectivity index (χ2v) is 3.56. The van der Waals surface area contributed by atoms with Gasteiger partial charge in [0.2, 0.25) is 0 Å². The molecule has 1 heterocycles. The van der Waals surface area contributed by atoms with Gasteiger partial charge in [0.1, 0.15) is 5.69 Å². The minimum absolute atomic E-state index is 0.0976. The number of nitrogens with zero attached hydrogens (tertiary/aromatic N) is 2. The average molecular weight is 199 g/mol. The SMILES string of the molecule is COCc1c(N)c(=O)n(C(C)C)n1C. The van der Waals surface area contributed by atoms with Gasteiger partial charge in [-0.25, -0.2) is 4.68 Å². The van der Waals surface area contributed by atoms with Crippen LogP contribution in [0, 0.1) is 0 Å². The Kier molecular flexibility index (Phi) is 3.00. The van der Waals surface area contributed by atoms with Gasteiger partial charge < -0.3 is 10.5 Å². The highest BCUT2D eigenvalue weighted by atomic mass is 16.5. The van der Waals surface area contributed by atoms with Gasteiger partial charge in [0.15, 0.2) is 0 Å². The number of nitrogens with two attached hydrogens (primary N) is 1. The third kappa shape index (κ3) is 1.55. The molecule has 0 aliphatic heterocycles. The van der Waals surface area contributed by atoms with Gasteiger partial charge in [-0.15, -0.1) is 0 Å². The van der Waals surface area contributed by atoms with E-state index in [0.29, 0.717) is 6.61 Å². The fraction of sp³-hybridized carbons (Fsp3) is 0.667. The summed E-state index contributed by atoms with van der Waals surface area (Å²) in [4.78, 5) is 11.7. The highest BCUT2D eigenvalue weighted by Gasteiger charge is 2.16. The molecule has 0 amide bonds. The van der Waals surface area contributed by atoms with Crippen LogP contribution in [0.3, 0.4) is 0 Å². The Balaban J connectivity index is 3.34. The summed E-state index contributed by atoms with van der Waals surface area (Å²) in [7, 11) is 3.39. The molecular weight excluding hydrogens is 182 g/mol. The first-order chi connectivity index (χ1) is 6.50. The standard InChI is InChI=1S/C9H17N3O2/c1-6(2)12-9(13)8(10)7(5-14-4)11(12)3/h6H,5,10H2,1-4H3. The van der Waals surface area contributed by atoms with Crippen molar-refractivity contribution >= 4 is 5.69 Å². The second-order valence-electron chi connectivity index (χ2n) is 3.56. The third-order valence-electron chi connectivity index (χ3n) is 2.23. The summed E-state index contributed by atoms with van der Waals surface area (Å²) >= 11 is 0. The van der Waals surface area contributed by atoms with E-state index in [1.54, 1.807) is 16.5 Å². The summed E-state index contributed by atoms with van der Waals surface area (Å²) in [5, 5.41) is 0. The van der Waals surface area contributed by atoms with E-state index in [-0.39, 0.29) is 17.3 Å². The van der Waals surface area contributed by atoms with Crippen LogP contribution in [0.15, 0.2) is 4.79 Å². The maximum Gasteiger partial charge on any atom is 0.290 e. The predicted octanol–water partition coefficient (Wildman–Crippen LogP) is 0.496. The predicted molar refractivity (Wildman–Crippen MR) is 55.2 cm³/mol. The first-order valence-electron chi connectivity index (χ1n) is 4.55. The summed E-state index contributed by atoms with van der Waals surface area (Å²) in [5.74, 6) is 0. The molecule has 0 unspecified atom stereocenters. The highest BCUT2D eigenvalue weighted by molar-refractivity contribution is 5.41. The zero-order chi connectivity index (χ0) is 10.9. The molecule has 0 fully saturated rings. The van der Waals surface area contributed by atoms with Gasteiger partial charge in [-0.1, -0.05) is 0 Å². The fourth-order valence-corrected chi connectivity index (χ4v) is 1.58. The summed E-state index contributed by atoms with van der Waals surface area (Å²) in [5.41, 5.74) is 6.56. The van der Waals surface area contributed by atoms with E-state index in [9.17, 15) is 4.79 Å². The zero-order valence-corrected chi connectivity index (χ0v) is 9.07. The van der Waals surface area contributed by atoms with E-state index >= 15 is 0 Å². The molecule has 0 saturated heterocycles. The summed E-state index contributed by atoms with van der Waals surface area (Å²) in [6.45, 7) is 4.24. The molecule has 1 aromatic rings. The lowest BCUT2D eigenvalue weighted by Gasteiger charge is -2.12. The molecule has 5 nitrogen and oxygen atoms in total. The number of nitrogen functional groups attached to an aromatic ring is 1. The van der Waals surface area contributed by atoms with Crippen molar-refractivity contribution in [2.24, 2.45) is 7.05 Å². The van der Waals surface area contributed by atoms with Gasteiger partial charge in [0.25, 0.3) is 5.56 Å². The molecule has 1 rings (SSSR count). The molecule has 80 valence electrons. The lowest BCUT2D eigenvalue weighted by Crippen LogP contribution is -2.24. The Morgan fingerprint density at radius 3 is 2.43 bits per heavy atom. The van der Waals surface area contributed by atoms with Crippen LogP contribution < -0.4 is 11.3 Å². The molecule has 0 radical (unpaired) electrons. The van der Waals surface area contributed by atoms with Crippen molar-refractivity contribution < 1.29 is 4.74 Å². The van der Waals surface area contributed by atoms with Crippen LogP contribution in [-0.4, -0.2) is 16.5 Å². The Hall–Kier alpha value is -1.23. The maximum atomic E-state index is 11.7. The molecule has 14 heavy (non-hydrogen) atoms. The van der Waals surface area contributed by atoms with Crippen LogP contribution in [0.1, 0.15) is 25.6 Å². The number of anilines is 1. The smallest absolute Gasteiger partial charge is 0.290 e. The first kappa shape index (κ1) is 10.8. The highest BCUT2D eigenvalue weighted by Crippen LogP contribution is 2.11. The van der Waals surface area contributed by atoms with E-state index in [1.807, 2.05) is 20.9 Å². The molecule has 0 aliphatic rings. The number of methoxy groups -OCH3 is 1. The normalized spacial score (nSPS) is 11.2. The van der Waals surface area contributed by atoms with Crippen LogP contribution in [0.5, 0.6) is 0 Å². The quantitative estimate of drug-likeness (QED) is 0.771. The first-order valence-corrected chi connectivity index (χ1v) is 4.55. The molecule has 0 saturated carbocycles. The number of hydrogen-bond donors (Lipinski definition) is 1. The molecule has 2 N–H and O–H groups in total. The van der Waals surface area contributed by atoms with E-state index in [0.717, 1.165) is 5.69 Å². The lowest BCUT2D eigenvalue weighted by molar-refractivity contribution is 0.176. The summed E-state index contributed by atoms with van der Waals surface area (Å²) in [6, 6.07) is 0.0976. The zero-order valence-electron chi connectivity index (χ0n) is 9.07. The van der Waals surface area contributed by atoms with Crippen molar-refractivity contribution in [2.75, 3.05) is 12.8 Å². The second kappa shape index (κ2) is 3.88. The van der Waals surface area contributed by atoms with Crippen LogP contribution in [0.2, 0.25) is 0 Å². The molecule has 0 aromatic carbocycles. The van der Waals surface area contributed by atoms with Crippen molar-refractivity contribution in [1.82, 2.24) is 9.36 Å². The van der Waals surface area contributed by atoms with Crippen molar-refractivity contribution in [1.29, 1.82) is 0 Å². The fourth-order valence-electron chi connectivity index (χ4n) is 1.58. The number of ether oxygens (including phenoxy) is 1. The Bertz CT molecular complexity index is 376. The molecule has 0 aliphatic carbocycles. The Labute approximate surface area is 83.1 Å². The van der Waals surface area contributed by atoms with E-state index < -0.39 is 0 Å². The lowest BCUT2D eigenvalue weighted by atomic mass is 10.4. The number of rotatable bonds is 3. The Morgan fingerprint density at radius 1 is 1.50 bits per heavy atom. The molecule has 0 bridgehead atoms. The molecule has 0 spiro atoms. The number of aromatic nitrogens is 2. The van der Waals surface area contributed by atoms with Crippen molar-refractivity contribution in [3.05, 3.63) is 16.0 Å². The van der Waals surface area contributed by atoms with Crippen LogP contribution in [-0.2, 0) is 18.4 Å². The number of hydrogen-bond acceptors (Lipinski definition) is 3. The minimum atomic E-state index is -0.144. The largest absolute Gasteiger partial charge is 0.393 e. The van der Waals surface area contributed by atoms with Crippen LogP contribution in [0.4, 0.5) is 5.69 Å². The third-order valence-corrected chi connectivity index (χ3v) is 2.23. The van der Waals surface area contributed by atoms with E-state index in [2.05, 4.69) is 0 Å². The van der Waals surface area contributed by atoms with Gasteiger partial charge in [0.05, 0.1) is 12.3 Å². The van der Waals surface area contributed by atoms with E-state index in [4.69, 9.17) is 10.5 Å². The van der Waals surface area contributed by atoms with Crippen molar-refractivity contribution in [3.63, 3.8) is 0 Å². The maximum absolute atomic E-state index is 11.7. The van der Waals surface area contributed by atoms with E-state index in [1.165, 1.54) is 0 Å². The average Bonchev–Trinajstić information content (AvgIpc) is 2.30. The summed E-state index contributed by atoms with van der Waals surface area (Å²) < 4.78 is 8.36. The molecule has 1 aromatic heterocycles. The van der Waals surface area contributed by atoms with Gasteiger partial charge in [-0.2, -0.15) is 0 Å². The van der Waals surface area contributed by atoms with Gasteiger partial charge in [0, 0.05) is 20.2 Å². The van der Waals surface area contributed by atoms with Crippen LogP contribution in [0.25, 0.3) is 0 Å². The topological polar surface area (TPSA) is 62.2 Å². The minimum Gasteiger partial charge on any atom is -0.393 e. The molecule has 0 atom stereocenters. The van der Waals surface area contributed by atoms with Gasteiger partial charge in [-0.3, -0.25) is 9.48 Å². The summed E-state index contributed by atoms with van der Waals surface area (Å²) in [6.07, 6.45) is 0. The Morgan fingerprint density at radius 2 is 2.07 bits per heavy atom. The van der Waals surface area contributed by atoms with Crippen LogP contribution >= 0.6 is 0 Å². The van der Waals surface area contributed by atoms with Gasteiger partial charge in [-0.05, 0) is 13.8 Å².